The van der Waals surface area contributed by atoms with Crippen LogP contribution in [0.15, 0.2) is 53.1 Å². The predicted molar refractivity (Wildman–Crippen MR) is 91.4 cm³/mol. The maximum absolute atomic E-state index is 13.0. The third-order valence-electron chi connectivity index (χ3n) is 4.30. The van der Waals surface area contributed by atoms with Gasteiger partial charge in [-0.15, -0.1) is 0 Å². The van der Waals surface area contributed by atoms with E-state index in [2.05, 4.69) is 0 Å². The van der Waals surface area contributed by atoms with Crippen molar-refractivity contribution in [2.75, 3.05) is 19.8 Å². The lowest BCUT2D eigenvalue weighted by Gasteiger charge is -2.37. The topological polar surface area (TPSA) is 63.0 Å². The summed E-state index contributed by atoms with van der Waals surface area (Å²) < 4.78 is 10.7. The zero-order chi connectivity index (χ0) is 17.6. The molecular formula is C19H22N2O4. The molecule has 3 rings (SSSR count). The van der Waals surface area contributed by atoms with Crippen LogP contribution >= 0.6 is 0 Å². The van der Waals surface area contributed by atoms with Gasteiger partial charge in [0.1, 0.15) is 18.4 Å². The molecule has 25 heavy (non-hydrogen) atoms. The van der Waals surface area contributed by atoms with E-state index >= 15 is 0 Å². The Balaban J connectivity index is 1.76. The molecule has 6 nitrogen and oxygen atoms in total. The molecular weight excluding hydrogens is 320 g/mol. The van der Waals surface area contributed by atoms with Crippen molar-refractivity contribution < 1.29 is 18.7 Å². The minimum absolute atomic E-state index is 0.0148. The monoisotopic (exact) mass is 342 g/mol. The number of morpholine rings is 1. The van der Waals surface area contributed by atoms with E-state index in [4.69, 9.17) is 9.15 Å². The smallest absolute Gasteiger partial charge is 0.249 e. The lowest BCUT2D eigenvalue weighted by Crippen LogP contribution is -2.56. The first-order valence-electron chi connectivity index (χ1n) is 8.41. The summed E-state index contributed by atoms with van der Waals surface area (Å²) in [5, 5.41) is 0. The summed E-state index contributed by atoms with van der Waals surface area (Å²) in [6, 6.07) is 12.7. The Morgan fingerprint density at radius 3 is 2.72 bits per heavy atom. The molecule has 0 radical (unpaired) electrons. The first-order valence-corrected chi connectivity index (χ1v) is 8.41. The van der Waals surface area contributed by atoms with Gasteiger partial charge in [0.25, 0.3) is 0 Å². The number of furan rings is 1. The van der Waals surface area contributed by atoms with E-state index in [9.17, 15) is 9.59 Å². The molecule has 0 bridgehead atoms. The van der Waals surface area contributed by atoms with Gasteiger partial charge in [-0.2, -0.15) is 0 Å². The Morgan fingerprint density at radius 1 is 1.24 bits per heavy atom. The summed E-state index contributed by atoms with van der Waals surface area (Å²) in [7, 11) is 0. The van der Waals surface area contributed by atoms with Gasteiger partial charge >= 0.3 is 0 Å². The highest BCUT2D eigenvalue weighted by atomic mass is 16.5. The van der Waals surface area contributed by atoms with Gasteiger partial charge in [-0.3, -0.25) is 9.59 Å². The first kappa shape index (κ1) is 17.2. The Morgan fingerprint density at radius 2 is 2.04 bits per heavy atom. The molecule has 1 aliphatic rings. The molecule has 0 aliphatic carbocycles. The van der Waals surface area contributed by atoms with Crippen molar-refractivity contribution in [3.63, 3.8) is 0 Å². The summed E-state index contributed by atoms with van der Waals surface area (Å²) in [6.45, 7) is 3.45. The van der Waals surface area contributed by atoms with Crippen molar-refractivity contribution >= 4 is 11.8 Å². The summed E-state index contributed by atoms with van der Waals surface area (Å²) in [6.07, 6.45) is 1.59. The maximum atomic E-state index is 13.0. The van der Waals surface area contributed by atoms with Crippen LogP contribution in [-0.4, -0.2) is 47.4 Å². The van der Waals surface area contributed by atoms with E-state index < -0.39 is 6.04 Å². The zero-order valence-corrected chi connectivity index (χ0v) is 14.3. The van der Waals surface area contributed by atoms with E-state index in [1.807, 2.05) is 43.3 Å². The molecule has 1 fully saturated rings. The second-order valence-electron chi connectivity index (χ2n) is 5.97. The van der Waals surface area contributed by atoms with Crippen LogP contribution in [0.2, 0.25) is 0 Å². The van der Waals surface area contributed by atoms with Gasteiger partial charge in [-0.05, 0) is 24.6 Å². The van der Waals surface area contributed by atoms with Crippen LogP contribution in [0.4, 0.5) is 0 Å². The number of ether oxygens (including phenoxy) is 1. The van der Waals surface area contributed by atoms with Crippen LogP contribution in [0.25, 0.3) is 0 Å². The number of hydrogen-bond acceptors (Lipinski definition) is 4. The number of rotatable bonds is 6. The molecule has 0 saturated carbocycles. The molecule has 1 aromatic carbocycles. The predicted octanol–water partition coefficient (Wildman–Crippen LogP) is 2.06. The Kier molecular flexibility index (Phi) is 5.50. The van der Waals surface area contributed by atoms with Gasteiger partial charge in [0.05, 0.1) is 19.4 Å². The van der Waals surface area contributed by atoms with Gasteiger partial charge in [-0.1, -0.05) is 30.3 Å². The van der Waals surface area contributed by atoms with Crippen LogP contribution < -0.4 is 0 Å². The second-order valence-corrected chi connectivity index (χ2v) is 5.97. The van der Waals surface area contributed by atoms with Gasteiger partial charge < -0.3 is 19.0 Å². The molecule has 0 spiro atoms. The first-order chi connectivity index (χ1) is 12.2. The zero-order valence-electron chi connectivity index (χ0n) is 14.3. The van der Waals surface area contributed by atoms with Crippen LogP contribution in [-0.2, 0) is 27.4 Å². The van der Waals surface area contributed by atoms with Crippen molar-refractivity contribution in [2.45, 2.75) is 26.1 Å². The minimum Gasteiger partial charge on any atom is -0.467 e. The van der Waals surface area contributed by atoms with Crippen LogP contribution in [0.3, 0.4) is 0 Å². The van der Waals surface area contributed by atoms with Crippen molar-refractivity contribution in [1.29, 1.82) is 0 Å². The average Bonchev–Trinajstić information content (AvgIpc) is 3.15. The largest absolute Gasteiger partial charge is 0.467 e. The summed E-state index contributed by atoms with van der Waals surface area (Å²) in [5.74, 6) is 0.429. The number of benzene rings is 1. The van der Waals surface area contributed by atoms with Crippen molar-refractivity contribution in [3.05, 3.63) is 60.1 Å². The fourth-order valence-corrected chi connectivity index (χ4v) is 2.93. The average molecular weight is 342 g/mol. The molecule has 0 N–H and O–H groups in total. The quantitative estimate of drug-likeness (QED) is 0.806. The molecule has 1 saturated heterocycles. The van der Waals surface area contributed by atoms with Gasteiger partial charge in [0.15, 0.2) is 0 Å². The number of carbonyl (C=O) groups excluding carboxylic acids is 2. The maximum Gasteiger partial charge on any atom is 0.249 e. The van der Waals surface area contributed by atoms with E-state index in [0.29, 0.717) is 25.4 Å². The number of amides is 2. The Labute approximate surface area is 147 Å². The lowest BCUT2D eigenvalue weighted by molar-refractivity contribution is -0.160. The number of nitrogens with zero attached hydrogens (tertiary/aromatic N) is 2. The number of carbonyl (C=O) groups is 2. The summed E-state index contributed by atoms with van der Waals surface area (Å²) in [5.41, 5.74) is 0.990. The van der Waals surface area contributed by atoms with E-state index in [1.54, 1.807) is 22.1 Å². The highest BCUT2D eigenvalue weighted by Crippen LogP contribution is 2.17. The van der Waals surface area contributed by atoms with Crippen molar-refractivity contribution in [1.82, 2.24) is 9.80 Å². The lowest BCUT2D eigenvalue weighted by atomic mass is 10.1. The minimum atomic E-state index is -0.614. The molecule has 1 aromatic heterocycles. The van der Waals surface area contributed by atoms with E-state index in [0.717, 1.165) is 5.56 Å². The number of likely N-dealkylation sites (N-methyl/N-ethyl adjacent to an activating group) is 1. The van der Waals surface area contributed by atoms with Crippen molar-refractivity contribution in [3.8, 4) is 0 Å². The highest BCUT2D eigenvalue weighted by molar-refractivity contribution is 5.89. The van der Waals surface area contributed by atoms with Gasteiger partial charge in [0.2, 0.25) is 11.8 Å². The van der Waals surface area contributed by atoms with E-state index in [1.165, 1.54) is 0 Å². The third kappa shape index (κ3) is 4.09. The fourth-order valence-electron chi connectivity index (χ4n) is 2.93. The van der Waals surface area contributed by atoms with Gasteiger partial charge in [0, 0.05) is 13.1 Å². The molecule has 2 heterocycles. The Hall–Kier alpha value is -2.60. The standard InChI is InChI=1S/C19H22N2O4/c1-2-20(12-16-9-6-10-25-16)19(23)17-13-24-14-18(22)21(17)11-15-7-4-3-5-8-15/h3-10,17H,2,11-14H2,1H3. The van der Waals surface area contributed by atoms with Gasteiger partial charge in [-0.25, -0.2) is 0 Å². The molecule has 6 heteroatoms. The Bertz CT molecular complexity index is 699. The van der Waals surface area contributed by atoms with Crippen LogP contribution in [0, 0.1) is 0 Å². The summed E-state index contributed by atoms with van der Waals surface area (Å²) in [4.78, 5) is 28.7. The van der Waals surface area contributed by atoms with Crippen LogP contribution in [0.5, 0.6) is 0 Å². The van der Waals surface area contributed by atoms with Crippen molar-refractivity contribution in [2.24, 2.45) is 0 Å². The third-order valence-corrected chi connectivity index (χ3v) is 4.30. The second kappa shape index (κ2) is 7.98. The van der Waals surface area contributed by atoms with Crippen LogP contribution in [0.1, 0.15) is 18.2 Å². The molecule has 2 amide bonds. The summed E-state index contributed by atoms with van der Waals surface area (Å²) >= 11 is 0. The fraction of sp³-hybridized carbons (Fsp3) is 0.368. The molecule has 1 unspecified atom stereocenters. The molecule has 1 atom stereocenters. The highest BCUT2D eigenvalue weighted by Gasteiger charge is 2.36. The molecule has 132 valence electrons. The molecule has 2 aromatic rings. The number of hydrogen-bond donors (Lipinski definition) is 0. The normalized spacial score (nSPS) is 17.6. The van der Waals surface area contributed by atoms with E-state index in [-0.39, 0.29) is 25.0 Å². The SMILES string of the molecule is CCN(Cc1ccco1)C(=O)C1COCC(=O)N1Cc1ccccc1. The molecule has 1 aliphatic heterocycles.